The molecule has 4 rings (SSSR count). The van der Waals surface area contributed by atoms with Crippen molar-refractivity contribution in [2.24, 2.45) is 0 Å². The number of hydrogen-bond acceptors (Lipinski definition) is 5. The Kier molecular flexibility index (Phi) is 6.30. The molecule has 7 heteroatoms. The maximum atomic E-state index is 12.7. The summed E-state index contributed by atoms with van der Waals surface area (Å²) in [6.07, 6.45) is 4.06. The molecular weight excluding hydrogens is 451 g/mol. The predicted octanol–water partition coefficient (Wildman–Crippen LogP) is 6.82. The number of carbonyl (C=O) groups excluding carboxylic acids is 1. The Hall–Kier alpha value is -3.54. The largest absolute Gasteiger partial charge is 0.460 e. The van der Waals surface area contributed by atoms with Crippen LogP contribution in [0.4, 0.5) is 0 Å². The summed E-state index contributed by atoms with van der Waals surface area (Å²) in [5, 5.41) is 1.12. The van der Waals surface area contributed by atoms with Crippen LogP contribution >= 0.6 is 23.2 Å². The molecule has 0 spiro atoms. The molecular formula is C25H16Cl2O5. The van der Waals surface area contributed by atoms with Crippen LogP contribution in [0.25, 0.3) is 17.0 Å². The minimum absolute atomic E-state index is 0.0670. The maximum absolute atomic E-state index is 12.7. The lowest BCUT2D eigenvalue weighted by Crippen LogP contribution is -2.06. The number of hydrogen-bond donors (Lipinski definition) is 0. The number of fused-ring (bicyclic) bond motifs is 1. The normalized spacial score (nSPS) is 11.1. The van der Waals surface area contributed by atoms with E-state index in [1.54, 1.807) is 30.3 Å². The second-order valence-corrected chi connectivity index (χ2v) is 7.75. The Labute approximate surface area is 193 Å². The highest BCUT2D eigenvalue weighted by Crippen LogP contribution is 2.25. The molecule has 3 aromatic carbocycles. The van der Waals surface area contributed by atoms with Gasteiger partial charge in [0.25, 0.3) is 0 Å². The first kappa shape index (κ1) is 21.7. The van der Waals surface area contributed by atoms with E-state index in [0.717, 1.165) is 5.56 Å². The van der Waals surface area contributed by atoms with Gasteiger partial charge in [0, 0.05) is 12.1 Å². The monoisotopic (exact) mass is 466 g/mol. The Morgan fingerprint density at radius 3 is 2.59 bits per heavy atom. The average molecular weight is 467 g/mol. The van der Waals surface area contributed by atoms with Gasteiger partial charge < -0.3 is 13.9 Å². The Bertz CT molecular complexity index is 1410. The molecule has 0 saturated heterocycles. The lowest BCUT2D eigenvalue weighted by Gasteiger charge is -2.07. The van der Waals surface area contributed by atoms with Crippen molar-refractivity contribution in [3.8, 4) is 17.2 Å². The van der Waals surface area contributed by atoms with Crippen LogP contribution in [0.3, 0.4) is 0 Å². The highest BCUT2D eigenvalue weighted by Gasteiger charge is 2.11. The summed E-state index contributed by atoms with van der Waals surface area (Å²) in [5.74, 6) is 0.238. The molecule has 1 heterocycles. The topological polar surface area (TPSA) is 65.7 Å². The number of esters is 1. The van der Waals surface area contributed by atoms with Gasteiger partial charge >= 0.3 is 5.97 Å². The number of carbonyl (C=O) groups is 1. The zero-order valence-electron chi connectivity index (χ0n) is 16.8. The molecule has 0 aliphatic heterocycles. The fraction of sp³-hybridized carbons (Fsp3) is 0.0400. The molecule has 0 bridgehead atoms. The van der Waals surface area contributed by atoms with Crippen molar-refractivity contribution >= 4 is 46.2 Å². The van der Waals surface area contributed by atoms with E-state index in [-0.39, 0.29) is 22.5 Å². The van der Waals surface area contributed by atoms with Gasteiger partial charge in [-0.1, -0.05) is 41.4 Å². The second-order valence-electron chi connectivity index (χ2n) is 6.93. The quantitative estimate of drug-likeness (QED) is 0.183. The summed E-state index contributed by atoms with van der Waals surface area (Å²) in [4.78, 5) is 24.9. The summed E-state index contributed by atoms with van der Waals surface area (Å²) in [5.41, 5.74) is 1.64. The van der Waals surface area contributed by atoms with Crippen LogP contribution in [0.15, 0.2) is 82.2 Å². The van der Waals surface area contributed by atoms with E-state index in [2.05, 4.69) is 0 Å². The van der Waals surface area contributed by atoms with Crippen LogP contribution in [0.1, 0.15) is 11.1 Å². The Morgan fingerprint density at radius 1 is 0.969 bits per heavy atom. The van der Waals surface area contributed by atoms with Crippen molar-refractivity contribution in [1.29, 1.82) is 0 Å². The highest BCUT2D eigenvalue weighted by molar-refractivity contribution is 6.42. The van der Waals surface area contributed by atoms with E-state index >= 15 is 0 Å². The molecule has 4 aromatic rings. The van der Waals surface area contributed by atoms with E-state index in [9.17, 15) is 9.59 Å². The average Bonchev–Trinajstić information content (AvgIpc) is 2.77. The fourth-order valence-electron chi connectivity index (χ4n) is 2.96. The van der Waals surface area contributed by atoms with Gasteiger partial charge in [-0.25, -0.2) is 4.79 Å². The van der Waals surface area contributed by atoms with E-state index in [1.165, 1.54) is 30.5 Å². The molecule has 0 amide bonds. The standard InChI is InChI=1S/C25H16Cl2O5/c1-15-3-2-4-17(11-15)31-23-14-30-22-13-18(7-8-19(22)25(23)29)32-24(28)10-6-16-5-9-20(26)21(27)12-16/h2-14H,1H3. The predicted molar refractivity (Wildman–Crippen MR) is 125 cm³/mol. The Morgan fingerprint density at radius 2 is 1.81 bits per heavy atom. The summed E-state index contributed by atoms with van der Waals surface area (Å²) in [7, 11) is 0. The Balaban J connectivity index is 1.51. The number of benzene rings is 3. The molecule has 0 fully saturated rings. The van der Waals surface area contributed by atoms with Crippen molar-refractivity contribution in [3.05, 3.63) is 104 Å². The van der Waals surface area contributed by atoms with Crippen molar-refractivity contribution in [2.45, 2.75) is 6.92 Å². The molecule has 32 heavy (non-hydrogen) atoms. The zero-order valence-corrected chi connectivity index (χ0v) is 18.3. The highest BCUT2D eigenvalue weighted by atomic mass is 35.5. The third-order valence-corrected chi connectivity index (χ3v) is 5.24. The lowest BCUT2D eigenvalue weighted by molar-refractivity contribution is -0.128. The van der Waals surface area contributed by atoms with Crippen LogP contribution in [0.5, 0.6) is 17.2 Å². The molecule has 0 atom stereocenters. The lowest BCUT2D eigenvalue weighted by atomic mass is 10.2. The van der Waals surface area contributed by atoms with Gasteiger partial charge in [-0.05, 0) is 60.5 Å². The van der Waals surface area contributed by atoms with Crippen LogP contribution < -0.4 is 14.9 Å². The van der Waals surface area contributed by atoms with Gasteiger partial charge in [0.2, 0.25) is 11.2 Å². The van der Waals surface area contributed by atoms with E-state index in [4.69, 9.17) is 37.1 Å². The minimum Gasteiger partial charge on any atom is -0.460 e. The van der Waals surface area contributed by atoms with Gasteiger partial charge in [-0.2, -0.15) is 0 Å². The molecule has 160 valence electrons. The van der Waals surface area contributed by atoms with E-state index < -0.39 is 5.97 Å². The van der Waals surface area contributed by atoms with Crippen LogP contribution in [0, 0.1) is 6.92 Å². The molecule has 0 aliphatic carbocycles. The molecule has 1 aromatic heterocycles. The molecule has 0 N–H and O–H groups in total. The minimum atomic E-state index is -0.600. The number of ether oxygens (including phenoxy) is 2. The van der Waals surface area contributed by atoms with Gasteiger partial charge in [-0.3, -0.25) is 4.79 Å². The zero-order chi connectivity index (χ0) is 22.7. The first-order valence-corrected chi connectivity index (χ1v) is 10.3. The molecule has 5 nitrogen and oxygen atoms in total. The van der Waals surface area contributed by atoms with Crippen LogP contribution in [0.2, 0.25) is 10.0 Å². The maximum Gasteiger partial charge on any atom is 0.336 e. The van der Waals surface area contributed by atoms with Crippen molar-refractivity contribution < 1.29 is 18.7 Å². The van der Waals surface area contributed by atoms with Crippen molar-refractivity contribution in [1.82, 2.24) is 0 Å². The third kappa shape index (κ3) is 5.02. The smallest absolute Gasteiger partial charge is 0.336 e. The first-order valence-electron chi connectivity index (χ1n) is 9.54. The summed E-state index contributed by atoms with van der Waals surface area (Å²) in [6.45, 7) is 1.93. The van der Waals surface area contributed by atoms with Gasteiger partial charge in [0.05, 0.1) is 15.4 Å². The number of rotatable bonds is 5. The molecule has 0 radical (unpaired) electrons. The van der Waals surface area contributed by atoms with Crippen molar-refractivity contribution in [2.75, 3.05) is 0 Å². The first-order chi connectivity index (χ1) is 15.4. The SMILES string of the molecule is Cc1cccc(Oc2coc3cc(OC(=O)C=Cc4ccc(Cl)c(Cl)c4)ccc3c2=O)c1. The van der Waals surface area contributed by atoms with Crippen LogP contribution in [-0.2, 0) is 4.79 Å². The van der Waals surface area contributed by atoms with Gasteiger partial charge in [0.15, 0.2) is 0 Å². The molecule has 0 saturated carbocycles. The van der Waals surface area contributed by atoms with Gasteiger partial charge in [-0.15, -0.1) is 0 Å². The molecule has 0 unspecified atom stereocenters. The second kappa shape index (κ2) is 9.30. The fourth-order valence-corrected chi connectivity index (χ4v) is 3.27. The summed E-state index contributed by atoms with van der Waals surface area (Å²) < 4.78 is 16.5. The summed E-state index contributed by atoms with van der Waals surface area (Å²) >= 11 is 11.8. The van der Waals surface area contributed by atoms with Crippen LogP contribution in [-0.4, -0.2) is 5.97 Å². The number of halogens is 2. The summed E-state index contributed by atoms with van der Waals surface area (Å²) in [6, 6.07) is 16.8. The number of aryl methyl sites for hydroxylation is 1. The molecule has 0 aliphatic rings. The van der Waals surface area contributed by atoms with Gasteiger partial charge in [0.1, 0.15) is 23.3 Å². The third-order valence-electron chi connectivity index (χ3n) is 4.51. The van der Waals surface area contributed by atoms with Crippen molar-refractivity contribution in [3.63, 3.8) is 0 Å². The van der Waals surface area contributed by atoms with E-state index in [0.29, 0.717) is 26.7 Å². The van der Waals surface area contributed by atoms with E-state index in [1.807, 2.05) is 25.1 Å².